The highest BCUT2D eigenvalue weighted by Gasteiger charge is 2.54. The fourth-order valence-corrected chi connectivity index (χ4v) is 5.59. The van der Waals surface area contributed by atoms with Crippen LogP contribution in [0.5, 0.6) is 5.75 Å². The first kappa shape index (κ1) is 18.3. The van der Waals surface area contributed by atoms with E-state index >= 15 is 0 Å². The summed E-state index contributed by atoms with van der Waals surface area (Å²) in [6, 6.07) is 12.0. The van der Waals surface area contributed by atoms with Crippen molar-refractivity contribution in [1.29, 1.82) is 0 Å². The van der Waals surface area contributed by atoms with Crippen LogP contribution in [0.4, 0.5) is 5.69 Å². The van der Waals surface area contributed by atoms with Gasteiger partial charge in [-0.3, -0.25) is 0 Å². The zero-order chi connectivity index (χ0) is 20.8. The summed E-state index contributed by atoms with van der Waals surface area (Å²) in [6.45, 7) is 8.96. The summed E-state index contributed by atoms with van der Waals surface area (Å²) in [6.07, 6.45) is 8.99. The zero-order valence-electron chi connectivity index (χ0n) is 18.3. The van der Waals surface area contributed by atoms with Crippen LogP contribution in [-0.2, 0) is 10.2 Å². The minimum atomic E-state index is -0.118. The molecule has 30 heavy (non-hydrogen) atoms. The summed E-state index contributed by atoms with van der Waals surface area (Å²) in [4.78, 5) is 2.40. The number of hydrogen-bond donors (Lipinski definition) is 0. The van der Waals surface area contributed by atoms with Crippen molar-refractivity contribution in [3.05, 3.63) is 82.5 Å². The number of allylic oxidation sites excluding steroid dienone is 2. The van der Waals surface area contributed by atoms with Gasteiger partial charge < -0.3 is 14.4 Å². The molecule has 1 saturated heterocycles. The van der Waals surface area contributed by atoms with Crippen LogP contribution in [0.2, 0.25) is 0 Å². The predicted octanol–water partition coefficient (Wildman–Crippen LogP) is 5.57. The van der Waals surface area contributed by atoms with E-state index in [2.05, 4.69) is 94.3 Å². The summed E-state index contributed by atoms with van der Waals surface area (Å²) in [5.74, 6) is 1.68. The molecule has 5 atom stereocenters. The van der Waals surface area contributed by atoms with E-state index in [0.717, 1.165) is 5.75 Å². The predicted molar refractivity (Wildman–Crippen MR) is 121 cm³/mol. The van der Waals surface area contributed by atoms with Crippen molar-refractivity contribution in [2.45, 2.75) is 63.4 Å². The third-order valence-electron chi connectivity index (χ3n) is 7.15. The van der Waals surface area contributed by atoms with Crippen molar-refractivity contribution >= 4 is 5.69 Å². The number of hydrogen-bond acceptors (Lipinski definition) is 3. The second-order valence-electron chi connectivity index (χ2n) is 10.3. The lowest BCUT2D eigenvalue weighted by Crippen LogP contribution is -2.28. The van der Waals surface area contributed by atoms with Crippen LogP contribution in [0.15, 0.2) is 54.6 Å². The molecule has 3 aliphatic heterocycles. The average molecular weight is 400 g/mol. The average Bonchev–Trinajstić information content (AvgIpc) is 3.43. The molecule has 3 nitrogen and oxygen atoms in total. The highest BCUT2D eigenvalue weighted by Crippen LogP contribution is 2.53. The molecule has 0 N–H and O–H groups in total. The Morgan fingerprint density at radius 1 is 0.967 bits per heavy atom. The first-order valence-electron chi connectivity index (χ1n) is 11.0. The van der Waals surface area contributed by atoms with Crippen molar-refractivity contribution in [2.75, 3.05) is 11.9 Å². The molecule has 0 amide bonds. The van der Waals surface area contributed by atoms with Gasteiger partial charge in [0.1, 0.15) is 11.9 Å². The molecular weight excluding hydrogens is 370 g/mol. The minimum Gasteiger partial charge on any atom is -0.461 e. The van der Waals surface area contributed by atoms with Crippen molar-refractivity contribution in [3.8, 4) is 5.75 Å². The number of aryl methyl sites for hydroxylation is 1. The van der Waals surface area contributed by atoms with Gasteiger partial charge in [-0.15, -0.1) is 0 Å². The number of rotatable bonds is 1. The van der Waals surface area contributed by atoms with Gasteiger partial charge in [-0.25, -0.2) is 0 Å². The maximum atomic E-state index is 6.32. The van der Waals surface area contributed by atoms with Crippen molar-refractivity contribution < 1.29 is 9.47 Å². The van der Waals surface area contributed by atoms with E-state index in [-0.39, 0.29) is 23.7 Å². The van der Waals surface area contributed by atoms with E-state index in [1.807, 2.05) is 0 Å². The Morgan fingerprint density at radius 2 is 1.77 bits per heavy atom. The lowest BCUT2D eigenvalue weighted by Gasteiger charge is -2.30. The van der Waals surface area contributed by atoms with Gasteiger partial charge in [0.05, 0.1) is 6.04 Å². The molecule has 0 spiro atoms. The number of likely N-dealkylation sites (N-methyl/N-ethyl adjacent to an activating group) is 1. The van der Waals surface area contributed by atoms with Crippen LogP contribution in [0.25, 0.3) is 0 Å². The summed E-state index contributed by atoms with van der Waals surface area (Å²) in [7, 11) is 2.20. The molecule has 5 unspecified atom stereocenters. The van der Waals surface area contributed by atoms with Crippen LogP contribution < -0.4 is 9.64 Å². The second kappa shape index (κ2) is 6.01. The highest BCUT2D eigenvalue weighted by atomic mass is 16.8. The van der Waals surface area contributed by atoms with E-state index in [4.69, 9.17) is 9.47 Å². The van der Waals surface area contributed by atoms with Gasteiger partial charge in [-0.2, -0.15) is 0 Å². The van der Waals surface area contributed by atoms with Gasteiger partial charge in [-0.05, 0) is 29.5 Å². The Kier molecular flexibility index (Phi) is 3.66. The Hall–Kier alpha value is -2.52. The van der Waals surface area contributed by atoms with Gasteiger partial charge >= 0.3 is 0 Å². The Balaban J connectivity index is 1.49. The van der Waals surface area contributed by atoms with Crippen LogP contribution in [0.1, 0.15) is 60.4 Å². The Labute approximate surface area is 179 Å². The smallest absolute Gasteiger partial charge is 0.228 e. The van der Waals surface area contributed by atoms with Crippen molar-refractivity contribution in [2.24, 2.45) is 0 Å². The lowest BCUT2D eigenvalue weighted by atomic mass is 9.78. The maximum absolute atomic E-state index is 6.32. The molecule has 0 aromatic heterocycles. The fourth-order valence-electron chi connectivity index (χ4n) is 5.59. The molecule has 2 aromatic rings. The molecule has 3 heteroatoms. The third kappa shape index (κ3) is 2.54. The van der Waals surface area contributed by atoms with Gasteiger partial charge in [0.25, 0.3) is 0 Å². The van der Waals surface area contributed by atoms with Crippen LogP contribution in [-0.4, -0.2) is 25.5 Å². The topological polar surface area (TPSA) is 25.0 Å². The van der Waals surface area contributed by atoms with E-state index in [1.54, 1.807) is 0 Å². The maximum Gasteiger partial charge on any atom is 0.228 e. The van der Waals surface area contributed by atoms with Crippen molar-refractivity contribution in [3.63, 3.8) is 0 Å². The molecule has 0 saturated carbocycles. The van der Waals surface area contributed by atoms with E-state index < -0.39 is 0 Å². The quantitative estimate of drug-likeness (QED) is 0.586. The van der Waals surface area contributed by atoms with Crippen molar-refractivity contribution in [1.82, 2.24) is 0 Å². The second-order valence-corrected chi connectivity index (χ2v) is 10.3. The summed E-state index contributed by atoms with van der Waals surface area (Å²) < 4.78 is 12.3. The Morgan fingerprint density at radius 3 is 2.57 bits per heavy atom. The van der Waals surface area contributed by atoms with E-state index in [9.17, 15) is 0 Å². The van der Waals surface area contributed by atoms with Gasteiger partial charge in [0, 0.05) is 35.7 Å². The van der Waals surface area contributed by atoms with Crippen LogP contribution in [0, 0.1) is 6.92 Å². The monoisotopic (exact) mass is 399 g/mol. The number of ether oxygens (including phenoxy) is 2. The fraction of sp³-hybridized carbons (Fsp3) is 0.407. The molecule has 0 radical (unpaired) electrons. The number of epoxide rings is 1. The SMILES string of the molecule is Cc1cc2c(c(C(C)(C)C)c1)OC1OC1C2c1ccc2c(c1)C1C=CC=CC1N2C. The van der Waals surface area contributed by atoms with Crippen LogP contribution in [0.3, 0.4) is 0 Å². The number of benzene rings is 2. The van der Waals surface area contributed by atoms with E-state index in [0.29, 0.717) is 12.0 Å². The summed E-state index contributed by atoms with van der Waals surface area (Å²) in [5, 5.41) is 0. The normalized spacial score (nSPS) is 30.3. The molecule has 3 heterocycles. The van der Waals surface area contributed by atoms with E-state index in [1.165, 1.54) is 33.5 Å². The third-order valence-corrected chi connectivity index (χ3v) is 7.15. The standard InChI is InChI=1S/C27H29NO2/c1-15-12-19-23(25-26(30-25)29-24(19)20(13-15)27(2,3)4)16-10-11-22-18(14-16)17-8-6-7-9-21(17)28(22)5/h6-14,17,21,23,25-26H,1-5H3. The summed E-state index contributed by atoms with van der Waals surface area (Å²) in [5.41, 5.74) is 7.97. The number of nitrogens with zero attached hydrogens (tertiary/aromatic N) is 1. The molecule has 2 aromatic carbocycles. The van der Waals surface area contributed by atoms with Gasteiger partial charge in [0.2, 0.25) is 6.29 Å². The minimum absolute atomic E-state index is 0.0233. The first-order chi connectivity index (χ1) is 14.3. The molecular formula is C27H29NO2. The lowest BCUT2D eigenvalue weighted by molar-refractivity contribution is 0.176. The molecule has 0 bridgehead atoms. The number of fused-ring (bicyclic) bond motifs is 5. The molecule has 1 fully saturated rings. The molecule has 6 rings (SSSR count). The molecule has 154 valence electrons. The first-order valence-corrected chi connectivity index (χ1v) is 11.0. The highest BCUT2D eigenvalue weighted by molar-refractivity contribution is 5.67. The summed E-state index contributed by atoms with van der Waals surface area (Å²) >= 11 is 0. The number of anilines is 1. The van der Waals surface area contributed by atoms with Gasteiger partial charge in [-0.1, -0.05) is 74.9 Å². The zero-order valence-corrected chi connectivity index (χ0v) is 18.3. The molecule has 1 aliphatic carbocycles. The molecule has 4 aliphatic rings. The largest absolute Gasteiger partial charge is 0.461 e. The van der Waals surface area contributed by atoms with Gasteiger partial charge in [0.15, 0.2) is 0 Å². The van der Waals surface area contributed by atoms with Crippen LogP contribution >= 0.6 is 0 Å². The Bertz CT molecular complexity index is 1110.